The summed E-state index contributed by atoms with van der Waals surface area (Å²) in [4.78, 5) is 14.3. The minimum absolute atomic E-state index is 0.176. The highest BCUT2D eigenvalue weighted by Gasteiger charge is 2.31. The first kappa shape index (κ1) is 11.7. The molecule has 1 aliphatic carbocycles. The van der Waals surface area contributed by atoms with Gasteiger partial charge in [0.15, 0.2) is 0 Å². The van der Waals surface area contributed by atoms with E-state index in [4.69, 9.17) is 0 Å². The number of aryl methyl sites for hydroxylation is 1. The molecule has 0 aromatic heterocycles. The monoisotopic (exact) mass is 244 g/mol. The molecule has 2 fully saturated rings. The summed E-state index contributed by atoms with van der Waals surface area (Å²) in [6, 6.07) is 9.10. The molecular formula is C15H20N2O. The molecular weight excluding hydrogens is 224 g/mol. The van der Waals surface area contributed by atoms with Crippen molar-refractivity contribution in [2.24, 2.45) is 0 Å². The van der Waals surface area contributed by atoms with E-state index in [0.29, 0.717) is 6.04 Å². The quantitative estimate of drug-likeness (QED) is 0.881. The predicted octanol–water partition coefficient (Wildman–Crippen LogP) is 1.96. The SMILES string of the molecule is Cc1ccc(C(=O)N2CC[C@H](NC3CC3)C2)cc1. The van der Waals surface area contributed by atoms with E-state index in [1.54, 1.807) is 0 Å². The summed E-state index contributed by atoms with van der Waals surface area (Å²) >= 11 is 0. The fraction of sp³-hybridized carbons (Fsp3) is 0.533. The molecule has 0 radical (unpaired) electrons. The molecule has 1 aromatic carbocycles. The Balaban J connectivity index is 1.61. The van der Waals surface area contributed by atoms with Crippen LogP contribution in [0.4, 0.5) is 0 Å². The number of rotatable bonds is 3. The van der Waals surface area contributed by atoms with E-state index in [0.717, 1.165) is 31.1 Å². The molecule has 1 heterocycles. The molecule has 2 aliphatic rings. The van der Waals surface area contributed by atoms with E-state index in [1.165, 1.54) is 18.4 Å². The molecule has 3 rings (SSSR count). The average molecular weight is 244 g/mol. The average Bonchev–Trinajstić information content (AvgIpc) is 3.05. The second-order valence-corrected chi connectivity index (χ2v) is 5.54. The second-order valence-electron chi connectivity index (χ2n) is 5.54. The lowest BCUT2D eigenvalue weighted by molar-refractivity contribution is 0.0789. The lowest BCUT2D eigenvalue weighted by Crippen LogP contribution is -2.36. The van der Waals surface area contributed by atoms with E-state index in [2.05, 4.69) is 5.32 Å². The number of benzene rings is 1. The van der Waals surface area contributed by atoms with Crippen LogP contribution in [-0.2, 0) is 0 Å². The maximum Gasteiger partial charge on any atom is 0.253 e. The highest BCUT2D eigenvalue weighted by Crippen LogP contribution is 2.22. The Labute approximate surface area is 108 Å². The minimum atomic E-state index is 0.176. The predicted molar refractivity (Wildman–Crippen MR) is 71.6 cm³/mol. The van der Waals surface area contributed by atoms with Crippen LogP contribution in [0.25, 0.3) is 0 Å². The maximum absolute atomic E-state index is 12.3. The van der Waals surface area contributed by atoms with Crippen LogP contribution in [0.15, 0.2) is 24.3 Å². The molecule has 0 bridgehead atoms. The largest absolute Gasteiger partial charge is 0.337 e. The number of likely N-dealkylation sites (tertiary alicyclic amines) is 1. The second kappa shape index (κ2) is 4.73. The van der Waals surface area contributed by atoms with Crippen molar-refractivity contribution in [2.75, 3.05) is 13.1 Å². The number of hydrogen-bond acceptors (Lipinski definition) is 2. The Morgan fingerprint density at radius 1 is 1.17 bits per heavy atom. The number of carbonyl (C=O) groups is 1. The summed E-state index contributed by atoms with van der Waals surface area (Å²) in [7, 11) is 0. The van der Waals surface area contributed by atoms with Gasteiger partial charge in [0.1, 0.15) is 0 Å². The Morgan fingerprint density at radius 2 is 1.89 bits per heavy atom. The normalized spacial score (nSPS) is 23.4. The van der Waals surface area contributed by atoms with Crippen molar-refractivity contribution < 1.29 is 4.79 Å². The van der Waals surface area contributed by atoms with Gasteiger partial charge in [-0.25, -0.2) is 0 Å². The fourth-order valence-electron chi connectivity index (χ4n) is 2.54. The number of carbonyl (C=O) groups excluding carboxylic acids is 1. The number of nitrogens with one attached hydrogen (secondary N) is 1. The molecule has 3 heteroatoms. The Hall–Kier alpha value is -1.35. The van der Waals surface area contributed by atoms with Crippen molar-refractivity contribution in [3.05, 3.63) is 35.4 Å². The molecule has 18 heavy (non-hydrogen) atoms. The fourth-order valence-corrected chi connectivity index (χ4v) is 2.54. The number of nitrogens with zero attached hydrogens (tertiary/aromatic N) is 1. The molecule has 3 nitrogen and oxygen atoms in total. The van der Waals surface area contributed by atoms with Crippen molar-refractivity contribution in [3.8, 4) is 0 Å². The van der Waals surface area contributed by atoms with Crippen LogP contribution >= 0.6 is 0 Å². The summed E-state index contributed by atoms with van der Waals surface area (Å²) in [5.74, 6) is 0.176. The summed E-state index contributed by atoms with van der Waals surface area (Å²) in [5.41, 5.74) is 2.01. The van der Waals surface area contributed by atoms with Gasteiger partial charge in [-0.15, -0.1) is 0 Å². The third-order valence-electron chi connectivity index (χ3n) is 3.82. The van der Waals surface area contributed by atoms with Gasteiger partial charge in [0, 0.05) is 30.7 Å². The minimum Gasteiger partial charge on any atom is -0.337 e. The van der Waals surface area contributed by atoms with Gasteiger partial charge in [-0.2, -0.15) is 0 Å². The lowest BCUT2D eigenvalue weighted by atomic mass is 10.1. The standard InChI is InChI=1S/C15H20N2O/c1-11-2-4-12(5-3-11)15(18)17-9-8-14(10-17)16-13-6-7-13/h2-5,13-14,16H,6-10H2,1H3/t14-/m0/s1. The Kier molecular flexibility index (Phi) is 3.08. The van der Waals surface area contributed by atoms with E-state index in [-0.39, 0.29) is 5.91 Å². The first-order valence-electron chi connectivity index (χ1n) is 6.84. The van der Waals surface area contributed by atoms with Crippen LogP contribution < -0.4 is 5.32 Å². The van der Waals surface area contributed by atoms with Gasteiger partial charge in [-0.05, 0) is 38.3 Å². The van der Waals surface area contributed by atoms with E-state index >= 15 is 0 Å². The van der Waals surface area contributed by atoms with E-state index in [9.17, 15) is 4.79 Å². The molecule has 1 aliphatic heterocycles. The lowest BCUT2D eigenvalue weighted by Gasteiger charge is -2.17. The Bertz CT molecular complexity index is 436. The summed E-state index contributed by atoms with van der Waals surface area (Å²) in [6.07, 6.45) is 3.71. The van der Waals surface area contributed by atoms with Gasteiger partial charge in [0.2, 0.25) is 0 Å². The van der Waals surface area contributed by atoms with Gasteiger partial charge >= 0.3 is 0 Å². The van der Waals surface area contributed by atoms with Crippen molar-refractivity contribution in [2.45, 2.75) is 38.3 Å². The van der Waals surface area contributed by atoms with Crippen LogP contribution in [-0.4, -0.2) is 36.0 Å². The number of amides is 1. The third-order valence-corrected chi connectivity index (χ3v) is 3.82. The van der Waals surface area contributed by atoms with Crippen LogP contribution in [0.5, 0.6) is 0 Å². The molecule has 96 valence electrons. The highest BCUT2D eigenvalue weighted by atomic mass is 16.2. The summed E-state index contributed by atoms with van der Waals surface area (Å²) < 4.78 is 0. The molecule has 1 amide bonds. The first-order chi connectivity index (χ1) is 8.72. The van der Waals surface area contributed by atoms with Gasteiger partial charge in [0.05, 0.1) is 0 Å². The van der Waals surface area contributed by atoms with E-state index < -0.39 is 0 Å². The van der Waals surface area contributed by atoms with Crippen molar-refractivity contribution in [1.29, 1.82) is 0 Å². The molecule has 1 N–H and O–H groups in total. The first-order valence-corrected chi connectivity index (χ1v) is 6.84. The zero-order chi connectivity index (χ0) is 12.5. The van der Waals surface area contributed by atoms with Crippen LogP contribution in [0.3, 0.4) is 0 Å². The maximum atomic E-state index is 12.3. The van der Waals surface area contributed by atoms with E-state index in [1.807, 2.05) is 36.1 Å². The summed E-state index contributed by atoms with van der Waals surface area (Å²) in [5, 5.41) is 3.60. The highest BCUT2D eigenvalue weighted by molar-refractivity contribution is 5.94. The van der Waals surface area contributed by atoms with Gasteiger partial charge in [-0.1, -0.05) is 17.7 Å². The third kappa shape index (κ3) is 2.56. The number of hydrogen-bond donors (Lipinski definition) is 1. The van der Waals surface area contributed by atoms with Gasteiger partial charge in [-0.3, -0.25) is 4.79 Å². The van der Waals surface area contributed by atoms with Gasteiger partial charge in [0.25, 0.3) is 5.91 Å². The molecule has 1 saturated heterocycles. The van der Waals surface area contributed by atoms with Crippen molar-refractivity contribution in [3.63, 3.8) is 0 Å². The van der Waals surface area contributed by atoms with Crippen LogP contribution in [0.2, 0.25) is 0 Å². The zero-order valence-electron chi connectivity index (χ0n) is 10.9. The zero-order valence-corrected chi connectivity index (χ0v) is 10.9. The molecule has 1 aromatic rings. The summed E-state index contributed by atoms with van der Waals surface area (Å²) in [6.45, 7) is 3.79. The van der Waals surface area contributed by atoms with Crippen LogP contribution in [0, 0.1) is 6.92 Å². The smallest absolute Gasteiger partial charge is 0.253 e. The topological polar surface area (TPSA) is 32.3 Å². The Morgan fingerprint density at radius 3 is 2.56 bits per heavy atom. The van der Waals surface area contributed by atoms with Crippen LogP contribution in [0.1, 0.15) is 35.2 Å². The van der Waals surface area contributed by atoms with Crippen molar-refractivity contribution >= 4 is 5.91 Å². The molecule has 1 atom stereocenters. The van der Waals surface area contributed by atoms with Gasteiger partial charge < -0.3 is 10.2 Å². The molecule has 0 unspecified atom stereocenters. The molecule has 0 spiro atoms. The molecule has 1 saturated carbocycles. The van der Waals surface area contributed by atoms with Crippen molar-refractivity contribution in [1.82, 2.24) is 10.2 Å².